The highest BCUT2D eigenvalue weighted by Gasteiger charge is 2.21. The first-order valence-corrected chi connectivity index (χ1v) is 8.54. The highest BCUT2D eigenvalue weighted by molar-refractivity contribution is 5.78. The quantitative estimate of drug-likeness (QED) is 0.654. The summed E-state index contributed by atoms with van der Waals surface area (Å²) in [7, 11) is 0. The van der Waals surface area contributed by atoms with Gasteiger partial charge in [-0.15, -0.1) is 0 Å². The number of β-amino-alcohol motifs (C(OH)–C–C–N with tert-alkyl or cyclic N) is 1. The Balaban J connectivity index is 2.34. The van der Waals surface area contributed by atoms with Gasteiger partial charge in [0.1, 0.15) is 0 Å². The second-order valence-corrected chi connectivity index (χ2v) is 5.93. The van der Waals surface area contributed by atoms with Gasteiger partial charge in [-0.05, 0) is 12.8 Å². The van der Waals surface area contributed by atoms with E-state index in [1.165, 1.54) is 0 Å². The van der Waals surface area contributed by atoms with Gasteiger partial charge in [-0.2, -0.15) is 0 Å². The predicted molar refractivity (Wildman–Crippen MR) is 86.4 cm³/mol. The van der Waals surface area contributed by atoms with Crippen LogP contribution >= 0.6 is 0 Å². The van der Waals surface area contributed by atoms with Crippen LogP contribution in [0, 0.1) is 0 Å². The normalized spacial score (nSPS) is 17.1. The zero-order chi connectivity index (χ0) is 15.5. The van der Waals surface area contributed by atoms with E-state index in [1.54, 1.807) is 0 Å². The van der Waals surface area contributed by atoms with E-state index in [4.69, 9.17) is 5.11 Å². The lowest BCUT2D eigenvalue weighted by atomic mass is 10.2. The second-order valence-electron chi connectivity index (χ2n) is 5.93. The van der Waals surface area contributed by atoms with Gasteiger partial charge in [-0.3, -0.25) is 14.6 Å². The number of carbonyl (C=O) groups excluding carboxylic acids is 1. The zero-order valence-electron chi connectivity index (χ0n) is 13.9. The molecule has 1 fully saturated rings. The number of unbranched alkanes of at least 4 members (excludes halogenated alkanes) is 2. The topological polar surface area (TPSA) is 47.0 Å². The van der Waals surface area contributed by atoms with E-state index < -0.39 is 0 Å². The highest BCUT2D eigenvalue weighted by atomic mass is 16.3. The number of nitrogens with zero attached hydrogens (tertiary/aromatic N) is 3. The molecule has 1 rings (SSSR count). The van der Waals surface area contributed by atoms with Crippen LogP contribution in [0.5, 0.6) is 0 Å². The minimum Gasteiger partial charge on any atom is -0.395 e. The van der Waals surface area contributed by atoms with Crippen molar-refractivity contribution >= 4 is 5.91 Å². The van der Waals surface area contributed by atoms with E-state index in [9.17, 15) is 4.79 Å². The third-order valence-electron chi connectivity index (χ3n) is 4.16. The number of aliphatic hydroxyl groups excluding tert-OH is 1. The molecule has 0 saturated carbocycles. The Kier molecular flexibility index (Phi) is 9.63. The monoisotopic (exact) mass is 299 g/mol. The molecule has 1 N–H and O–H groups in total. The van der Waals surface area contributed by atoms with Crippen molar-refractivity contribution in [1.29, 1.82) is 0 Å². The Hall–Kier alpha value is -0.650. The summed E-state index contributed by atoms with van der Waals surface area (Å²) >= 11 is 0. The molecule has 0 spiro atoms. The Morgan fingerprint density at radius 2 is 1.52 bits per heavy atom. The summed E-state index contributed by atoms with van der Waals surface area (Å²) in [5.74, 6) is 0.285. The fourth-order valence-electron chi connectivity index (χ4n) is 2.66. The fraction of sp³-hybridized carbons (Fsp3) is 0.938. The van der Waals surface area contributed by atoms with Gasteiger partial charge in [0.2, 0.25) is 5.91 Å². The van der Waals surface area contributed by atoms with Gasteiger partial charge in [0, 0.05) is 45.8 Å². The molecule has 0 aromatic rings. The van der Waals surface area contributed by atoms with E-state index in [1.807, 2.05) is 4.90 Å². The van der Waals surface area contributed by atoms with Crippen molar-refractivity contribution in [3.05, 3.63) is 0 Å². The summed E-state index contributed by atoms with van der Waals surface area (Å²) in [6.45, 7) is 11.4. The van der Waals surface area contributed by atoms with Crippen molar-refractivity contribution in [3.8, 4) is 0 Å². The van der Waals surface area contributed by atoms with Crippen LogP contribution in [0.25, 0.3) is 0 Å². The maximum Gasteiger partial charge on any atom is 0.236 e. The second kappa shape index (κ2) is 11.0. The molecular formula is C16H33N3O2. The largest absolute Gasteiger partial charge is 0.395 e. The molecule has 0 unspecified atom stereocenters. The number of carbonyl (C=O) groups is 1. The molecule has 1 heterocycles. The van der Waals surface area contributed by atoms with Crippen molar-refractivity contribution in [3.63, 3.8) is 0 Å². The molecular weight excluding hydrogens is 266 g/mol. The lowest BCUT2D eigenvalue weighted by molar-refractivity contribution is -0.133. The first-order valence-electron chi connectivity index (χ1n) is 8.54. The van der Waals surface area contributed by atoms with Crippen LogP contribution in [0.2, 0.25) is 0 Å². The van der Waals surface area contributed by atoms with Crippen LogP contribution in [0.4, 0.5) is 0 Å². The van der Waals surface area contributed by atoms with Gasteiger partial charge < -0.3 is 10.0 Å². The average molecular weight is 299 g/mol. The third-order valence-corrected chi connectivity index (χ3v) is 4.16. The number of amides is 1. The lowest BCUT2D eigenvalue weighted by Gasteiger charge is -2.35. The third kappa shape index (κ3) is 7.25. The van der Waals surface area contributed by atoms with Crippen LogP contribution < -0.4 is 0 Å². The smallest absolute Gasteiger partial charge is 0.236 e. The maximum absolute atomic E-state index is 12.5. The van der Waals surface area contributed by atoms with Crippen molar-refractivity contribution in [2.24, 2.45) is 0 Å². The van der Waals surface area contributed by atoms with E-state index in [-0.39, 0.29) is 12.5 Å². The Labute approximate surface area is 129 Å². The van der Waals surface area contributed by atoms with Crippen LogP contribution in [0.3, 0.4) is 0 Å². The van der Waals surface area contributed by atoms with Crippen molar-refractivity contribution < 1.29 is 9.90 Å². The van der Waals surface area contributed by atoms with E-state index in [0.29, 0.717) is 6.54 Å². The molecule has 124 valence electrons. The van der Waals surface area contributed by atoms with Crippen LogP contribution in [-0.2, 0) is 4.79 Å². The summed E-state index contributed by atoms with van der Waals surface area (Å²) in [6, 6.07) is 0. The van der Waals surface area contributed by atoms with E-state index in [0.717, 1.165) is 71.5 Å². The molecule has 1 aliphatic rings. The summed E-state index contributed by atoms with van der Waals surface area (Å²) in [5.41, 5.74) is 0. The minimum atomic E-state index is 0.223. The molecule has 0 radical (unpaired) electrons. The maximum atomic E-state index is 12.5. The first-order chi connectivity index (χ1) is 10.2. The molecule has 1 amide bonds. The summed E-state index contributed by atoms with van der Waals surface area (Å²) in [5, 5.41) is 8.95. The van der Waals surface area contributed by atoms with Gasteiger partial charge >= 0.3 is 0 Å². The molecule has 5 heteroatoms. The van der Waals surface area contributed by atoms with Crippen LogP contribution in [-0.4, -0.2) is 84.7 Å². The number of rotatable bonds is 10. The standard InChI is InChI=1S/C16H33N3O2/c1-3-5-7-19(8-6-4-2)16(21)15-18-11-9-17(10-12-18)13-14-20/h20H,3-15H2,1-2H3. The minimum absolute atomic E-state index is 0.223. The summed E-state index contributed by atoms with van der Waals surface area (Å²) in [6.07, 6.45) is 4.46. The lowest BCUT2D eigenvalue weighted by Crippen LogP contribution is -2.50. The predicted octanol–water partition coefficient (Wildman–Crippen LogP) is 1.03. The molecule has 0 bridgehead atoms. The van der Waals surface area contributed by atoms with Gasteiger partial charge in [0.15, 0.2) is 0 Å². The number of hydrogen-bond acceptors (Lipinski definition) is 4. The van der Waals surface area contributed by atoms with Crippen molar-refractivity contribution in [2.45, 2.75) is 39.5 Å². The van der Waals surface area contributed by atoms with Gasteiger partial charge in [0.05, 0.1) is 13.2 Å². The molecule has 1 aliphatic heterocycles. The first kappa shape index (κ1) is 18.4. The van der Waals surface area contributed by atoms with Crippen molar-refractivity contribution in [1.82, 2.24) is 14.7 Å². The average Bonchev–Trinajstić information content (AvgIpc) is 2.49. The van der Waals surface area contributed by atoms with E-state index in [2.05, 4.69) is 23.6 Å². The van der Waals surface area contributed by atoms with Crippen LogP contribution in [0.15, 0.2) is 0 Å². The van der Waals surface area contributed by atoms with E-state index >= 15 is 0 Å². The van der Waals surface area contributed by atoms with Gasteiger partial charge in [-0.1, -0.05) is 26.7 Å². The van der Waals surface area contributed by atoms with Crippen LogP contribution in [0.1, 0.15) is 39.5 Å². The molecule has 1 saturated heterocycles. The molecule has 21 heavy (non-hydrogen) atoms. The zero-order valence-corrected chi connectivity index (χ0v) is 13.9. The molecule has 0 aromatic heterocycles. The SMILES string of the molecule is CCCCN(CCCC)C(=O)CN1CCN(CCO)CC1. The molecule has 0 atom stereocenters. The fourth-order valence-corrected chi connectivity index (χ4v) is 2.66. The highest BCUT2D eigenvalue weighted by Crippen LogP contribution is 2.05. The Morgan fingerprint density at radius 3 is 2.00 bits per heavy atom. The number of piperazine rings is 1. The number of aliphatic hydroxyl groups is 1. The summed E-state index contributed by atoms with van der Waals surface area (Å²) < 4.78 is 0. The molecule has 0 aliphatic carbocycles. The van der Waals surface area contributed by atoms with Gasteiger partial charge in [0.25, 0.3) is 0 Å². The molecule has 5 nitrogen and oxygen atoms in total. The molecule has 0 aromatic carbocycles. The Morgan fingerprint density at radius 1 is 1.00 bits per heavy atom. The number of hydrogen-bond donors (Lipinski definition) is 1. The Bertz CT molecular complexity index is 271. The van der Waals surface area contributed by atoms with Gasteiger partial charge in [-0.25, -0.2) is 0 Å². The van der Waals surface area contributed by atoms with Crippen molar-refractivity contribution in [2.75, 3.05) is 59.0 Å². The summed E-state index contributed by atoms with van der Waals surface area (Å²) in [4.78, 5) is 19.0.